The number of carbonyl (C=O) groups is 1. The van der Waals surface area contributed by atoms with E-state index in [1.165, 1.54) is 12.1 Å². The molecule has 0 heterocycles. The Morgan fingerprint density at radius 3 is 2.63 bits per heavy atom. The molecule has 7 heteroatoms. The van der Waals surface area contributed by atoms with Gasteiger partial charge in [-0.3, -0.25) is 19.8 Å². The number of nitrogens with zero attached hydrogens (tertiary/aromatic N) is 2. The quantitative estimate of drug-likeness (QED) is 0.642. The summed E-state index contributed by atoms with van der Waals surface area (Å²) in [6.07, 6.45) is 0. The summed E-state index contributed by atoms with van der Waals surface area (Å²) < 4.78 is 0. The highest BCUT2D eigenvalue weighted by Gasteiger charge is 2.22. The van der Waals surface area contributed by atoms with Crippen molar-refractivity contribution in [1.29, 1.82) is 0 Å². The fraction of sp³-hybridized carbons (Fsp3) is 0.417. The smallest absolute Gasteiger partial charge is 0.317 e. The Labute approximate surface area is 115 Å². The summed E-state index contributed by atoms with van der Waals surface area (Å²) in [4.78, 5) is 22.9. The second-order valence-corrected chi connectivity index (χ2v) is 4.79. The Morgan fingerprint density at radius 1 is 1.53 bits per heavy atom. The molecule has 1 N–H and O–H groups in total. The van der Waals surface area contributed by atoms with E-state index in [9.17, 15) is 14.9 Å². The second-order valence-electron chi connectivity index (χ2n) is 4.39. The molecule has 0 spiro atoms. The summed E-state index contributed by atoms with van der Waals surface area (Å²) >= 11 is 5.98. The number of carboxylic acids is 1. The van der Waals surface area contributed by atoms with Crippen molar-refractivity contribution in [2.24, 2.45) is 0 Å². The number of hydrogen-bond donors (Lipinski definition) is 1. The second kappa shape index (κ2) is 6.49. The van der Waals surface area contributed by atoms with Gasteiger partial charge < -0.3 is 5.11 Å². The lowest BCUT2D eigenvalue weighted by Crippen LogP contribution is -2.35. The molecule has 19 heavy (non-hydrogen) atoms. The Kier molecular flexibility index (Phi) is 5.26. The van der Waals surface area contributed by atoms with Crippen molar-refractivity contribution in [3.63, 3.8) is 0 Å². The number of benzene rings is 1. The van der Waals surface area contributed by atoms with Gasteiger partial charge >= 0.3 is 5.97 Å². The van der Waals surface area contributed by atoms with Gasteiger partial charge in [0.15, 0.2) is 0 Å². The van der Waals surface area contributed by atoms with E-state index in [0.29, 0.717) is 5.56 Å². The van der Waals surface area contributed by atoms with Crippen LogP contribution in [0.25, 0.3) is 0 Å². The van der Waals surface area contributed by atoms with Gasteiger partial charge in [-0.2, -0.15) is 0 Å². The average Bonchev–Trinajstić information content (AvgIpc) is 2.29. The molecule has 6 nitrogen and oxygen atoms in total. The molecule has 0 unspecified atom stereocenters. The lowest BCUT2D eigenvalue weighted by atomic mass is 10.1. The van der Waals surface area contributed by atoms with E-state index < -0.39 is 10.9 Å². The van der Waals surface area contributed by atoms with Crippen LogP contribution in [0.5, 0.6) is 0 Å². The number of halogens is 1. The standard InChI is InChI=1S/C12H15ClN2O4/c1-8(2)14(7-12(16)17)6-9-10(13)4-3-5-11(9)15(18)19/h3-5,8H,6-7H2,1-2H3,(H,16,17). The highest BCUT2D eigenvalue weighted by molar-refractivity contribution is 6.31. The zero-order valence-corrected chi connectivity index (χ0v) is 11.4. The number of hydrogen-bond acceptors (Lipinski definition) is 4. The van der Waals surface area contributed by atoms with E-state index in [2.05, 4.69) is 0 Å². The minimum atomic E-state index is -0.983. The first-order valence-electron chi connectivity index (χ1n) is 5.70. The molecule has 104 valence electrons. The summed E-state index contributed by atoms with van der Waals surface area (Å²) in [5, 5.41) is 20.1. The van der Waals surface area contributed by atoms with E-state index in [4.69, 9.17) is 16.7 Å². The maximum absolute atomic E-state index is 11.0. The minimum Gasteiger partial charge on any atom is -0.480 e. The maximum Gasteiger partial charge on any atom is 0.317 e. The van der Waals surface area contributed by atoms with Crippen molar-refractivity contribution in [2.75, 3.05) is 6.54 Å². The zero-order chi connectivity index (χ0) is 14.6. The Hall–Kier alpha value is -1.66. The maximum atomic E-state index is 11.0. The number of aliphatic carboxylic acids is 1. The van der Waals surface area contributed by atoms with Gasteiger partial charge in [0.05, 0.1) is 22.1 Å². The van der Waals surface area contributed by atoms with Crippen LogP contribution in [0.4, 0.5) is 5.69 Å². The summed E-state index contributed by atoms with van der Waals surface area (Å²) in [6.45, 7) is 3.58. The van der Waals surface area contributed by atoms with Crippen LogP contribution in [-0.4, -0.2) is 33.5 Å². The van der Waals surface area contributed by atoms with Crippen LogP contribution in [0.1, 0.15) is 19.4 Å². The molecule has 0 aliphatic heterocycles. The number of carboxylic acid groups (broad SMARTS) is 1. The highest BCUT2D eigenvalue weighted by Crippen LogP contribution is 2.28. The molecular weight excluding hydrogens is 272 g/mol. The zero-order valence-electron chi connectivity index (χ0n) is 10.7. The topological polar surface area (TPSA) is 83.7 Å². The molecule has 0 aliphatic rings. The molecule has 0 amide bonds. The van der Waals surface area contributed by atoms with Crippen LogP contribution < -0.4 is 0 Å². The SMILES string of the molecule is CC(C)N(CC(=O)O)Cc1c(Cl)cccc1[N+](=O)[O-]. The van der Waals surface area contributed by atoms with Crippen LogP contribution >= 0.6 is 11.6 Å². The van der Waals surface area contributed by atoms with E-state index in [1.54, 1.807) is 11.0 Å². The van der Waals surface area contributed by atoms with Gasteiger partial charge in [-0.25, -0.2) is 0 Å². The molecule has 1 aromatic rings. The molecule has 0 saturated carbocycles. The fourth-order valence-electron chi connectivity index (χ4n) is 1.67. The minimum absolute atomic E-state index is 0.0630. The van der Waals surface area contributed by atoms with Crippen LogP contribution in [0, 0.1) is 10.1 Å². The first-order chi connectivity index (χ1) is 8.82. The summed E-state index contributed by atoms with van der Waals surface area (Å²) in [5.41, 5.74) is 0.243. The molecule has 0 radical (unpaired) electrons. The van der Waals surface area contributed by atoms with Gasteiger partial charge in [0.1, 0.15) is 0 Å². The lowest BCUT2D eigenvalue weighted by Gasteiger charge is -2.24. The van der Waals surface area contributed by atoms with Gasteiger partial charge in [-0.1, -0.05) is 17.7 Å². The van der Waals surface area contributed by atoms with Gasteiger partial charge in [0.2, 0.25) is 0 Å². The van der Waals surface area contributed by atoms with Crippen molar-refractivity contribution in [2.45, 2.75) is 26.4 Å². The molecule has 0 bridgehead atoms. The molecule has 0 fully saturated rings. The van der Waals surface area contributed by atoms with Crippen LogP contribution in [-0.2, 0) is 11.3 Å². The van der Waals surface area contributed by atoms with Gasteiger partial charge in [0.25, 0.3) is 5.69 Å². The largest absolute Gasteiger partial charge is 0.480 e. The van der Waals surface area contributed by atoms with Gasteiger partial charge in [0, 0.05) is 18.7 Å². The van der Waals surface area contributed by atoms with Crippen molar-refractivity contribution < 1.29 is 14.8 Å². The number of rotatable bonds is 6. The third-order valence-electron chi connectivity index (χ3n) is 2.72. The lowest BCUT2D eigenvalue weighted by molar-refractivity contribution is -0.385. The van der Waals surface area contributed by atoms with Crippen molar-refractivity contribution >= 4 is 23.3 Å². The Bertz CT molecular complexity index is 491. The number of nitro benzene ring substituents is 1. The molecule has 0 aliphatic carbocycles. The first-order valence-corrected chi connectivity index (χ1v) is 6.08. The molecular formula is C12H15ClN2O4. The van der Waals surface area contributed by atoms with Gasteiger partial charge in [-0.05, 0) is 19.9 Å². The third kappa shape index (κ3) is 4.18. The highest BCUT2D eigenvalue weighted by atomic mass is 35.5. The Balaban J connectivity index is 3.08. The van der Waals surface area contributed by atoms with Crippen LogP contribution in [0.3, 0.4) is 0 Å². The molecule has 0 saturated heterocycles. The molecule has 1 aromatic carbocycles. The van der Waals surface area contributed by atoms with E-state index in [0.717, 1.165) is 0 Å². The van der Waals surface area contributed by atoms with Gasteiger partial charge in [-0.15, -0.1) is 0 Å². The van der Waals surface area contributed by atoms with Crippen molar-refractivity contribution in [3.05, 3.63) is 38.9 Å². The Morgan fingerprint density at radius 2 is 2.16 bits per heavy atom. The van der Waals surface area contributed by atoms with E-state index >= 15 is 0 Å². The van der Waals surface area contributed by atoms with E-state index in [1.807, 2.05) is 13.8 Å². The van der Waals surface area contributed by atoms with Crippen molar-refractivity contribution in [1.82, 2.24) is 4.90 Å². The predicted octanol–water partition coefficient (Wildman–Crippen LogP) is 2.54. The van der Waals surface area contributed by atoms with E-state index in [-0.39, 0.29) is 29.8 Å². The normalized spacial score (nSPS) is 11.0. The first kappa shape index (κ1) is 15.4. The monoisotopic (exact) mass is 286 g/mol. The molecule has 0 aromatic heterocycles. The van der Waals surface area contributed by atoms with Crippen molar-refractivity contribution in [3.8, 4) is 0 Å². The predicted molar refractivity (Wildman–Crippen MR) is 71.3 cm³/mol. The average molecular weight is 287 g/mol. The summed E-state index contributed by atoms with van der Waals surface area (Å²) in [5.74, 6) is -0.983. The molecule has 0 atom stereocenters. The third-order valence-corrected chi connectivity index (χ3v) is 3.07. The summed E-state index contributed by atoms with van der Waals surface area (Å²) in [6, 6.07) is 4.36. The number of nitro groups is 1. The fourth-order valence-corrected chi connectivity index (χ4v) is 1.90. The molecule has 1 rings (SSSR count). The van der Waals surface area contributed by atoms with Crippen LogP contribution in [0.15, 0.2) is 18.2 Å². The van der Waals surface area contributed by atoms with Crippen LogP contribution in [0.2, 0.25) is 5.02 Å². The summed E-state index contributed by atoms with van der Waals surface area (Å²) in [7, 11) is 0.